The largest absolute Gasteiger partial charge is 0.300 e. The van der Waals surface area contributed by atoms with Crippen LogP contribution in [0.4, 0.5) is 13.2 Å². The van der Waals surface area contributed by atoms with Crippen LogP contribution < -0.4 is 0 Å². The van der Waals surface area contributed by atoms with Crippen LogP contribution in [-0.4, -0.2) is 48.4 Å². The highest BCUT2D eigenvalue weighted by Crippen LogP contribution is 2.34. The van der Waals surface area contributed by atoms with Gasteiger partial charge in [0.15, 0.2) is 11.5 Å². The van der Waals surface area contributed by atoms with Gasteiger partial charge >= 0.3 is 0 Å². The number of alkyl halides is 2. The molecule has 3 aromatic heterocycles. The van der Waals surface area contributed by atoms with E-state index in [4.69, 9.17) is 0 Å². The van der Waals surface area contributed by atoms with Crippen LogP contribution in [0.5, 0.6) is 0 Å². The lowest BCUT2D eigenvalue weighted by Crippen LogP contribution is -2.36. The van der Waals surface area contributed by atoms with E-state index in [-0.39, 0.29) is 22.9 Å². The SMILES string of the molecule is Cc1cn2nc(-c3cc(F)c4nn(C5CCN(C6CC6)CC5)cc4c3)cc(C(F)F)c2n1. The number of halogens is 3. The Morgan fingerprint density at radius 3 is 2.47 bits per heavy atom. The first-order chi connectivity index (χ1) is 15.5. The number of likely N-dealkylation sites (tertiary alicyclic amines) is 1. The van der Waals surface area contributed by atoms with Gasteiger partial charge in [-0.3, -0.25) is 4.68 Å². The Kier molecular flexibility index (Phi) is 4.50. The summed E-state index contributed by atoms with van der Waals surface area (Å²) in [5, 5.41) is 9.57. The van der Waals surface area contributed by atoms with Gasteiger partial charge in [-0.05, 0) is 50.8 Å². The number of hydrogen-bond donors (Lipinski definition) is 0. The fourth-order valence-electron chi connectivity index (χ4n) is 4.82. The van der Waals surface area contributed by atoms with Gasteiger partial charge in [-0.2, -0.15) is 10.2 Å². The van der Waals surface area contributed by atoms with E-state index in [1.807, 2.05) is 10.9 Å². The fraction of sp³-hybridized carbons (Fsp3) is 0.435. The highest BCUT2D eigenvalue weighted by molar-refractivity contribution is 5.84. The fourth-order valence-corrected chi connectivity index (χ4v) is 4.82. The van der Waals surface area contributed by atoms with E-state index in [0.29, 0.717) is 22.2 Å². The van der Waals surface area contributed by atoms with Crippen LogP contribution in [0.3, 0.4) is 0 Å². The maximum atomic E-state index is 15.0. The highest BCUT2D eigenvalue weighted by atomic mass is 19.3. The molecule has 2 fully saturated rings. The van der Waals surface area contributed by atoms with Gasteiger partial charge in [-0.15, -0.1) is 0 Å². The van der Waals surface area contributed by atoms with Crippen molar-refractivity contribution in [1.82, 2.24) is 29.3 Å². The summed E-state index contributed by atoms with van der Waals surface area (Å²) in [5.41, 5.74) is 1.50. The normalized spacial score (nSPS) is 18.4. The first-order valence-electron chi connectivity index (χ1n) is 11.0. The van der Waals surface area contributed by atoms with E-state index in [1.165, 1.54) is 29.5 Å². The molecule has 166 valence electrons. The predicted molar refractivity (Wildman–Crippen MR) is 114 cm³/mol. The molecule has 1 aromatic carbocycles. The molecule has 2 aliphatic rings. The van der Waals surface area contributed by atoms with E-state index in [1.54, 1.807) is 19.2 Å². The zero-order valence-electron chi connectivity index (χ0n) is 17.7. The Bertz CT molecular complexity index is 1310. The van der Waals surface area contributed by atoms with Crippen molar-refractivity contribution in [3.63, 3.8) is 0 Å². The Morgan fingerprint density at radius 2 is 1.75 bits per heavy atom. The average molecular weight is 440 g/mol. The summed E-state index contributed by atoms with van der Waals surface area (Å²) in [4.78, 5) is 6.68. The molecule has 6 rings (SSSR count). The summed E-state index contributed by atoms with van der Waals surface area (Å²) in [7, 11) is 0. The van der Waals surface area contributed by atoms with Crippen LogP contribution in [0.1, 0.15) is 49.4 Å². The average Bonchev–Trinajstić information content (AvgIpc) is 3.41. The minimum Gasteiger partial charge on any atom is -0.300 e. The molecule has 0 radical (unpaired) electrons. The summed E-state index contributed by atoms with van der Waals surface area (Å²) in [6.45, 7) is 3.81. The number of fused-ring (bicyclic) bond motifs is 2. The van der Waals surface area contributed by atoms with Gasteiger partial charge in [-0.1, -0.05) is 0 Å². The second kappa shape index (κ2) is 7.30. The van der Waals surface area contributed by atoms with E-state index in [0.717, 1.165) is 32.0 Å². The first kappa shape index (κ1) is 19.7. The smallest absolute Gasteiger partial charge is 0.267 e. The number of benzene rings is 1. The van der Waals surface area contributed by atoms with Crippen molar-refractivity contribution >= 4 is 16.6 Å². The molecule has 0 spiro atoms. The molecule has 4 heterocycles. The summed E-state index contributed by atoms with van der Waals surface area (Å²) < 4.78 is 45.5. The molecule has 4 aromatic rings. The number of aryl methyl sites for hydroxylation is 1. The summed E-state index contributed by atoms with van der Waals surface area (Å²) in [6, 6.07) is 5.39. The van der Waals surface area contributed by atoms with E-state index in [2.05, 4.69) is 20.1 Å². The number of aromatic nitrogens is 5. The standard InChI is InChI=1S/C23H23F3N6/c1-13-11-32-23(27-13)18(22(25)26)10-20(28-32)14-8-15-12-31(29-21(15)19(24)9-14)17-4-6-30(7-5-17)16-2-3-16/h8-12,16-17,22H,2-7H2,1H3. The lowest BCUT2D eigenvalue weighted by molar-refractivity contribution is 0.152. The molecule has 0 bridgehead atoms. The van der Waals surface area contributed by atoms with E-state index in [9.17, 15) is 13.2 Å². The van der Waals surface area contributed by atoms with Gasteiger partial charge in [0, 0.05) is 36.3 Å². The van der Waals surface area contributed by atoms with Crippen molar-refractivity contribution in [2.45, 2.75) is 51.1 Å². The molecule has 0 unspecified atom stereocenters. The van der Waals surface area contributed by atoms with Gasteiger partial charge in [-0.25, -0.2) is 22.7 Å². The van der Waals surface area contributed by atoms with Crippen molar-refractivity contribution in [3.05, 3.63) is 47.7 Å². The van der Waals surface area contributed by atoms with Gasteiger partial charge < -0.3 is 4.90 Å². The summed E-state index contributed by atoms with van der Waals surface area (Å²) >= 11 is 0. The highest BCUT2D eigenvalue weighted by Gasteiger charge is 2.32. The van der Waals surface area contributed by atoms with Gasteiger partial charge in [0.1, 0.15) is 5.52 Å². The zero-order valence-corrected chi connectivity index (χ0v) is 17.7. The summed E-state index contributed by atoms with van der Waals surface area (Å²) in [5.74, 6) is -0.478. The maximum Gasteiger partial charge on any atom is 0.267 e. The maximum absolute atomic E-state index is 15.0. The van der Waals surface area contributed by atoms with Crippen molar-refractivity contribution in [3.8, 4) is 11.3 Å². The molecule has 0 N–H and O–H groups in total. The number of piperidine rings is 1. The van der Waals surface area contributed by atoms with Gasteiger partial charge in [0.2, 0.25) is 0 Å². The predicted octanol–water partition coefficient (Wildman–Crippen LogP) is 4.93. The zero-order chi connectivity index (χ0) is 22.0. The molecule has 1 saturated heterocycles. The molecular weight excluding hydrogens is 417 g/mol. The molecule has 32 heavy (non-hydrogen) atoms. The van der Waals surface area contributed by atoms with Gasteiger partial charge in [0.05, 0.1) is 29.2 Å². The second-order valence-corrected chi connectivity index (χ2v) is 8.94. The van der Waals surface area contributed by atoms with Crippen molar-refractivity contribution in [2.75, 3.05) is 13.1 Å². The van der Waals surface area contributed by atoms with Crippen LogP contribution in [0.15, 0.2) is 30.6 Å². The molecule has 6 nitrogen and oxygen atoms in total. The molecule has 1 aliphatic carbocycles. The van der Waals surface area contributed by atoms with Crippen LogP contribution in [0.25, 0.3) is 27.8 Å². The van der Waals surface area contributed by atoms with Crippen molar-refractivity contribution in [1.29, 1.82) is 0 Å². The van der Waals surface area contributed by atoms with Crippen LogP contribution >= 0.6 is 0 Å². The van der Waals surface area contributed by atoms with Gasteiger partial charge in [0.25, 0.3) is 6.43 Å². The number of hydrogen-bond acceptors (Lipinski definition) is 4. The number of rotatable bonds is 4. The Morgan fingerprint density at radius 1 is 0.969 bits per heavy atom. The Labute approximate surface area is 182 Å². The first-order valence-corrected chi connectivity index (χ1v) is 11.0. The van der Waals surface area contributed by atoms with Crippen molar-refractivity contribution < 1.29 is 13.2 Å². The molecular formula is C23H23F3N6. The van der Waals surface area contributed by atoms with Crippen LogP contribution in [-0.2, 0) is 0 Å². The number of imidazole rings is 1. The lowest BCUT2D eigenvalue weighted by atomic mass is 10.1. The third kappa shape index (κ3) is 3.35. The minimum atomic E-state index is -2.71. The third-order valence-electron chi connectivity index (χ3n) is 6.62. The van der Waals surface area contributed by atoms with Crippen LogP contribution in [0, 0.1) is 12.7 Å². The van der Waals surface area contributed by atoms with Crippen LogP contribution in [0.2, 0.25) is 0 Å². The summed E-state index contributed by atoms with van der Waals surface area (Å²) in [6.07, 6.45) is 5.34. The van der Waals surface area contributed by atoms with E-state index < -0.39 is 12.2 Å². The topological polar surface area (TPSA) is 51.3 Å². The number of nitrogens with zero attached hydrogens (tertiary/aromatic N) is 6. The molecule has 1 saturated carbocycles. The quantitative estimate of drug-likeness (QED) is 0.452. The Hall–Kier alpha value is -2.94. The van der Waals surface area contributed by atoms with E-state index >= 15 is 0 Å². The molecule has 0 atom stereocenters. The van der Waals surface area contributed by atoms with Crippen molar-refractivity contribution in [2.24, 2.45) is 0 Å². The Balaban J connectivity index is 1.36. The minimum absolute atomic E-state index is 0.119. The molecule has 0 amide bonds. The monoisotopic (exact) mass is 440 g/mol. The lowest BCUT2D eigenvalue weighted by Gasteiger charge is -2.32. The molecule has 1 aliphatic heterocycles. The molecule has 9 heteroatoms. The third-order valence-corrected chi connectivity index (χ3v) is 6.62. The second-order valence-electron chi connectivity index (χ2n) is 8.94.